The molecule has 0 saturated carbocycles. The minimum absolute atomic E-state index is 0.263. The van der Waals surface area contributed by atoms with E-state index in [1.54, 1.807) is 0 Å². The molecule has 5 atom stereocenters. The van der Waals surface area contributed by atoms with Crippen LogP contribution in [0.25, 0.3) is 0 Å². The first-order valence-electron chi connectivity index (χ1n) is 9.56. The first-order chi connectivity index (χ1) is 14.1. The van der Waals surface area contributed by atoms with Crippen molar-refractivity contribution in [2.24, 2.45) is 0 Å². The van der Waals surface area contributed by atoms with Crippen LogP contribution in [-0.4, -0.2) is 46.1 Å². The summed E-state index contributed by atoms with van der Waals surface area (Å²) < 4.78 is 18.8. The fourth-order valence-corrected chi connectivity index (χ4v) is 4.07. The van der Waals surface area contributed by atoms with Gasteiger partial charge >= 0.3 is 0 Å². The van der Waals surface area contributed by atoms with Crippen LogP contribution in [0.15, 0.2) is 60.7 Å². The summed E-state index contributed by atoms with van der Waals surface area (Å²) in [7, 11) is 0. The summed E-state index contributed by atoms with van der Waals surface area (Å²) in [6.07, 6.45) is -2.54. The number of alkyl halides is 1. The second kappa shape index (κ2) is 11.0. The van der Waals surface area contributed by atoms with Gasteiger partial charge in [0.15, 0.2) is 6.29 Å². The molecular formula is C22H26INO5. The Morgan fingerprint density at radius 3 is 2.00 bits per heavy atom. The Bertz CT molecular complexity index is 760. The highest BCUT2D eigenvalue weighted by molar-refractivity contribution is 14.1. The van der Waals surface area contributed by atoms with Crippen molar-refractivity contribution < 1.29 is 24.1 Å². The zero-order chi connectivity index (χ0) is 20.6. The summed E-state index contributed by atoms with van der Waals surface area (Å²) in [4.78, 5) is 11.7. The second-order valence-electron chi connectivity index (χ2n) is 6.97. The maximum atomic E-state index is 11.7. The third kappa shape index (κ3) is 6.23. The highest BCUT2D eigenvalue weighted by Crippen LogP contribution is 2.28. The van der Waals surface area contributed by atoms with Crippen LogP contribution in [0.4, 0.5) is 0 Å². The van der Waals surface area contributed by atoms with Gasteiger partial charge in [-0.05, 0) is 11.1 Å². The maximum absolute atomic E-state index is 11.7. The van der Waals surface area contributed by atoms with Gasteiger partial charge in [0.05, 0.1) is 19.3 Å². The molecule has 1 amide bonds. The Morgan fingerprint density at radius 1 is 1.00 bits per heavy atom. The molecule has 0 spiro atoms. The Balaban J connectivity index is 1.80. The summed E-state index contributed by atoms with van der Waals surface area (Å²) >= 11 is 2.21. The van der Waals surface area contributed by atoms with Crippen molar-refractivity contribution in [3.63, 3.8) is 0 Å². The molecule has 0 aliphatic carbocycles. The molecule has 1 aliphatic heterocycles. The monoisotopic (exact) mass is 511 g/mol. The average Bonchev–Trinajstić information content (AvgIpc) is 2.74. The molecule has 0 radical (unpaired) electrons. The van der Waals surface area contributed by atoms with E-state index in [1.165, 1.54) is 6.92 Å². The number of aliphatic hydroxyl groups excluding tert-OH is 1. The van der Waals surface area contributed by atoms with Crippen LogP contribution in [0.3, 0.4) is 0 Å². The molecule has 2 aromatic rings. The lowest BCUT2D eigenvalue weighted by atomic mass is 9.96. The van der Waals surface area contributed by atoms with Gasteiger partial charge in [0.25, 0.3) is 0 Å². The minimum atomic E-state index is -1.17. The number of hydrogen-bond donors (Lipinski definition) is 2. The van der Waals surface area contributed by atoms with E-state index in [0.717, 1.165) is 11.1 Å². The molecule has 2 N–H and O–H groups in total. The van der Waals surface area contributed by atoms with Crippen molar-refractivity contribution in [3.05, 3.63) is 71.8 Å². The molecule has 29 heavy (non-hydrogen) atoms. The van der Waals surface area contributed by atoms with Crippen molar-refractivity contribution in [2.45, 2.75) is 50.8 Å². The molecule has 0 unspecified atom stereocenters. The first-order valence-corrected chi connectivity index (χ1v) is 11.1. The smallest absolute Gasteiger partial charge is 0.217 e. The highest BCUT2D eigenvalue weighted by Gasteiger charge is 2.47. The number of hydrogen-bond acceptors (Lipinski definition) is 5. The lowest BCUT2D eigenvalue weighted by Gasteiger charge is -2.44. The number of benzene rings is 2. The van der Waals surface area contributed by atoms with Crippen LogP contribution in [0, 0.1) is 0 Å². The molecule has 0 bridgehead atoms. The van der Waals surface area contributed by atoms with E-state index in [4.69, 9.17) is 14.2 Å². The van der Waals surface area contributed by atoms with E-state index < -0.39 is 24.5 Å². The van der Waals surface area contributed by atoms with Crippen LogP contribution >= 0.6 is 22.6 Å². The van der Waals surface area contributed by atoms with Crippen molar-refractivity contribution in [3.8, 4) is 0 Å². The fourth-order valence-electron chi connectivity index (χ4n) is 3.37. The van der Waals surface area contributed by atoms with Gasteiger partial charge in [-0.15, -0.1) is 0 Å². The Labute approximate surface area is 184 Å². The SMILES string of the molecule is CC(=O)N[C@@H]1[C@@H](OCc2ccccc2)[C@H](OCc2ccccc2)[C@@H](CI)O[C@@H]1O. The predicted molar refractivity (Wildman–Crippen MR) is 117 cm³/mol. The molecule has 156 valence electrons. The molecule has 1 saturated heterocycles. The number of ether oxygens (including phenoxy) is 3. The Kier molecular flexibility index (Phi) is 8.43. The molecule has 1 fully saturated rings. The summed E-state index contributed by atoms with van der Waals surface area (Å²) in [5.41, 5.74) is 2.03. The van der Waals surface area contributed by atoms with E-state index in [0.29, 0.717) is 17.6 Å². The molecule has 1 aliphatic rings. The maximum Gasteiger partial charge on any atom is 0.217 e. The Morgan fingerprint density at radius 2 is 1.52 bits per heavy atom. The molecule has 6 nitrogen and oxygen atoms in total. The predicted octanol–water partition coefficient (Wildman–Crippen LogP) is 2.81. The van der Waals surface area contributed by atoms with Gasteiger partial charge in [-0.1, -0.05) is 83.3 Å². The number of carbonyl (C=O) groups excluding carboxylic acids is 1. The molecular weight excluding hydrogens is 485 g/mol. The third-order valence-electron chi connectivity index (χ3n) is 4.76. The molecule has 1 heterocycles. The lowest BCUT2D eigenvalue weighted by molar-refractivity contribution is -0.263. The van der Waals surface area contributed by atoms with Crippen LogP contribution in [0.1, 0.15) is 18.1 Å². The van der Waals surface area contributed by atoms with E-state index in [2.05, 4.69) is 27.9 Å². The van der Waals surface area contributed by atoms with Gasteiger partial charge in [-0.25, -0.2) is 0 Å². The van der Waals surface area contributed by atoms with E-state index in [-0.39, 0.29) is 12.0 Å². The molecule has 7 heteroatoms. The molecule has 3 rings (SSSR count). The van der Waals surface area contributed by atoms with Crippen molar-refractivity contribution >= 4 is 28.5 Å². The molecule has 2 aromatic carbocycles. The van der Waals surface area contributed by atoms with E-state index >= 15 is 0 Å². The fraction of sp³-hybridized carbons (Fsp3) is 0.409. The lowest BCUT2D eigenvalue weighted by Crippen LogP contribution is -2.65. The third-order valence-corrected chi connectivity index (χ3v) is 5.63. The van der Waals surface area contributed by atoms with E-state index in [9.17, 15) is 9.90 Å². The van der Waals surface area contributed by atoms with E-state index in [1.807, 2.05) is 60.7 Å². The zero-order valence-corrected chi connectivity index (χ0v) is 18.4. The molecule has 0 aromatic heterocycles. The van der Waals surface area contributed by atoms with Crippen LogP contribution in [0.5, 0.6) is 0 Å². The number of amides is 1. The van der Waals surface area contributed by atoms with Crippen molar-refractivity contribution in [2.75, 3.05) is 4.43 Å². The summed E-state index contributed by atoms with van der Waals surface area (Å²) in [6, 6.07) is 18.9. The number of halogens is 1. The van der Waals surface area contributed by atoms with Crippen LogP contribution in [-0.2, 0) is 32.2 Å². The standard InChI is InChI=1S/C22H26INO5/c1-15(25)24-19-21(28-14-17-10-6-3-7-11-17)20(18(12-23)29-22(19)26)27-13-16-8-4-2-5-9-16/h2-11,18-22,26H,12-14H2,1H3,(H,24,25)/t18-,19-,20-,21-,22+/m1/s1. The van der Waals surface area contributed by atoms with Gasteiger partial charge in [-0.3, -0.25) is 4.79 Å². The van der Waals surface area contributed by atoms with Gasteiger partial charge in [0, 0.05) is 11.4 Å². The van der Waals surface area contributed by atoms with Gasteiger partial charge < -0.3 is 24.6 Å². The highest BCUT2D eigenvalue weighted by atomic mass is 127. The van der Waals surface area contributed by atoms with Crippen molar-refractivity contribution in [1.29, 1.82) is 0 Å². The van der Waals surface area contributed by atoms with Gasteiger partial charge in [-0.2, -0.15) is 0 Å². The summed E-state index contributed by atoms with van der Waals surface area (Å²) in [5.74, 6) is -0.263. The number of nitrogens with one attached hydrogen (secondary N) is 1. The normalized spacial score (nSPS) is 26.8. The number of carbonyl (C=O) groups is 1. The largest absolute Gasteiger partial charge is 0.368 e. The van der Waals surface area contributed by atoms with Gasteiger partial charge in [0.2, 0.25) is 5.91 Å². The Hall–Kier alpha value is -1.52. The first kappa shape index (κ1) is 22.2. The minimum Gasteiger partial charge on any atom is -0.368 e. The zero-order valence-electron chi connectivity index (χ0n) is 16.2. The van der Waals surface area contributed by atoms with Gasteiger partial charge in [0.1, 0.15) is 18.2 Å². The number of aliphatic hydroxyl groups is 1. The summed E-state index contributed by atoms with van der Waals surface area (Å²) in [5, 5.41) is 13.3. The quantitative estimate of drug-likeness (QED) is 0.421. The summed E-state index contributed by atoms with van der Waals surface area (Å²) in [6.45, 7) is 2.13. The van der Waals surface area contributed by atoms with Crippen molar-refractivity contribution in [1.82, 2.24) is 5.32 Å². The number of rotatable bonds is 8. The van der Waals surface area contributed by atoms with Crippen LogP contribution < -0.4 is 5.32 Å². The second-order valence-corrected chi connectivity index (χ2v) is 7.85. The topological polar surface area (TPSA) is 77.0 Å². The van der Waals surface area contributed by atoms with Crippen LogP contribution in [0.2, 0.25) is 0 Å². The average molecular weight is 511 g/mol.